The summed E-state index contributed by atoms with van der Waals surface area (Å²) in [5.74, 6) is 0. The quantitative estimate of drug-likeness (QED) is 0.884. The monoisotopic (exact) mass is 234 g/mol. The van der Waals surface area contributed by atoms with Crippen LogP contribution in [0.15, 0.2) is 35.3 Å². The molecule has 0 bridgehead atoms. The van der Waals surface area contributed by atoms with E-state index in [9.17, 15) is 4.79 Å². The van der Waals surface area contributed by atoms with Crippen molar-refractivity contribution in [2.75, 3.05) is 5.73 Å². The van der Waals surface area contributed by atoms with Crippen LogP contribution in [0, 0.1) is 0 Å². The number of nitrogens with zero attached hydrogens (tertiary/aromatic N) is 1. The van der Waals surface area contributed by atoms with Crippen LogP contribution >= 0.6 is 11.3 Å². The fraction of sp³-hybridized carbons (Fsp3) is 0.250. The molecule has 0 spiro atoms. The molecular weight excluding hydrogens is 220 g/mol. The molecule has 4 heteroatoms. The van der Waals surface area contributed by atoms with Crippen LogP contribution in [0.2, 0.25) is 0 Å². The molecule has 0 saturated heterocycles. The van der Waals surface area contributed by atoms with Crippen molar-refractivity contribution in [2.24, 2.45) is 0 Å². The van der Waals surface area contributed by atoms with Gasteiger partial charge in [-0.1, -0.05) is 6.92 Å². The van der Waals surface area contributed by atoms with E-state index in [4.69, 9.17) is 5.73 Å². The highest BCUT2D eigenvalue weighted by Crippen LogP contribution is 2.17. The minimum Gasteiger partial charge on any atom is -0.394 e. The second-order valence-electron chi connectivity index (χ2n) is 3.62. The van der Waals surface area contributed by atoms with Gasteiger partial charge in [-0.3, -0.25) is 4.79 Å². The van der Waals surface area contributed by atoms with E-state index in [-0.39, 0.29) is 5.56 Å². The van der Waals surface area contributed by atoms with E-state index >= 15 is 0 Å². The van der Waals surface area contributed by atoms with Crippen LogP contribution in [-0.4, -0.2) is 4.57 Å². The van der Waals surface area contributed by atoms with Gasteiger partial charge >= 0.3 is 0 Å². The molecule has 0 unspecified atom stereocenters. The van der Waals surface area contributed by atoms with E-state index in [1.807, 2.05) is 0 Å². The first-order valence-corrected chi connectivity index (χ1v) is 6.05. The predicted octanol–water partition coefficient (Wildman–Crippen LogP) is 2.10. The summed E-state index contributed by atoms with van der Waals surface area (Å²) in [6.07, 6.45) is 2.81. The number of hydrogen-bond donors (Lipinski definition) is 1. The zero-order chi connectivity index (χ0) is 11.5. The number of rotatable bonds is 3. The van der Waals surface area contributed by atoms with Gasteiger partial charge in [0.1, 0.15) is 0 Å². The highest BCUT2D eigenvalue weighted by Gasteiger charge is 2.02. The van der Waals surface area contributed by atoms with Gasteiger partial charge in [0.2, 0.25) is 0 Å². The standard InChI is InChI=1S/C12H14N2OS/c1-2-9-5-6-10(16-9)8-14-7-3-4-11(13)12(14)15/h3-7H,2,8,13H2,1H3. The second-order valence-corrected chi connectivity index (χ2v) is 4.87. The van der Waals surface area contributed by atoms with Crippen LogP contribution in [0.3, 0.4) is 0 Å². The van der Waals surface area contributed by atoms with Gasteiger partial charge in [-0.15, -0.1) is 11.3 Å². The van der Waals surface area contributed by atoms with E-state index in [1.54, 1.807) is 34.2 Å². The van der Waals surface area contributed by atoms with Crippen LogP contribution in [0.4, 0.5) is 5.69 Å². The summed E-state index contributed by atoms with van der Waals surface area (Å²) in [5.41, 5.74) is 5.76. The molecule has 0 aliphatic rings. The smallest absolute Gasteiger partial charge is 0.273 e. The Morgan fingerprint density at radius 3 is 2.75 bits per heavy atom. The number of aromatic nitrogens is 1. The minimum absolute atomic E-state index is 0.117. The molecule has 0 aliphatic carbocycles. The molecule has 2 aromatic heterocycles. The Bertz CT molecular complexity index is 542. The zero-order valence-electron chi connectivity index (χ0n) is 9.14. The first kappa shape index (κ1) is 11.0. The molecule has 84 valence electrons. The molecule has 3 nitrogen and oxygen atoms in total. The first-order chi connectivity index (χ1) is 7.70. The van der Waals surface area contributed by atoms with Gasteiger partial charge in [-0.05, 0) is 30.7 Å². The van der Waals surface area contributed by atoms with E-state index in [0.717, 1.165) is 6.42 Å². The number of nitrogen functional groups attached to an aromatic ring is 1. The van der Waals surface area contributed by atoms with E-state index in [1.165, 1.54) is 9.75 Å². The Kier molecular flexibility index (Phi) is 3.10. The van der Waals surface area contributed by atoms with Crippen molar-refractivity contribution in [3.05, 3.63) is 50.6 Å². The molecule has 0 atom stereocenters. The van der Waals surface area contributed by atoms with Crippen LogP contribution in [-0.2, 0) is 13.0 Å². The lowest BCUT2D eigenvalue weighted by atomic mass is 10.3. The van der Waals surface area contributed by atoms with Crippen molar-refractivity contribution in [1.82, 2.24) is 4.57 Å². The maximum absolute atomic E-state index is 11.7. The molecule has 0 aliphatic heterocycles. The number of nitrogens with two attached hydrogens (primary N) is 1. The van der Waals surface area contributed by atoms with Crippen LogP contribution < -0.4 is 11.3 Å². The number of pyridine rings is 1. The number of thiophene rings is 1. The average molecular weight is 234 g/mol. The summed E-state index contributed by atoms with van der Waals surface area (Å²) in [4.78, 5) is 14.2. The van der Waals surface area contributed by atoms with Crippen molar-refractivity contribution >= 4 is 17.0 Å². The number of hydrogen-bond acceptors (Lipinski definition) is 3. The maximum atomic E-state index is 11.7. The number of aryl methyl sites for hydroxylation is 1. The summed E-state index contributed by atoms with van der Waals surface area (Å²) < 4.78 is 1.64. The van der Waals surface area contributed by atoms with Crippen molar-refractivity contribution in [1.29, 1.82) is 0 Å². The Labute approximate surface area is 98.2 Å². The Balaban J connectivity index is 2.27. The van der Waals surface area contributed by atoms with Gasteiger partial charge < -0.3 is 10.3 Å². The Hall–Kier alpha value is -1.55. The second kappa shape index (κ2) is 4.53. The molecule has 0 radical (unpaired) electrons. The molecule has 0 amide bonds. The predicted molar refractivity (Wildman–Crippen MR) is 67.9 cm³/mol. The summed E-state index contributed by atoms with van der Waals surface area (Å²) >= 11 is 1.74. The lowest BCUT2D eigenvalue weighted by molar-refractivity contribution is 0.773. The van der Waals surface area contributed by atoms with Gasteiger partial charge in [0, 0.05) is 16.0 Å². The highest BCUT2D eigenvalue weighted by atomic mass is 32.1. The van der Waals surface area contributed by atoms with E-state index < -0.39 is 0 Å². The van der Waals surface area contributed by atoms with Crippen LogP contribution in [0.25, 0.3) is 0 Å². The van der Waals surface area contributed by atoms with Crippen LogP contribution in [0.5, 0.6) is 0 Å². The molecular formula is C12H14N2OS. The van der Waals surface area contributed by atoms with E-state index in [0.29, 0.717) is 12.2 Å². The van der Waals surface area contributed by atoms with Gasteiger partial charge in [0.05, 0.1) is 12.2 Å². The van der Waals surface area contributed by atoms with Crippen molar-refractivity contribution in [3.8, 4) is 0 Å². The Morgan fingerprint density at radius 2 is 2.06 bits per heavy atom. The third kappa shape index (κ3) is 2.17. The third-order valence-corrected chi connectivity index (χ3v) is 3.66. The number of anilines is 1. The lowest BCUT2D eigenvalue weighted by Gasteiger charge is -2.03. The Morgan fingerprint density at radius 1 is 1.31 bits per heavy atom. The molecule has 16 heavy (non-hydrogen) atoms. The molecule has 0 aromatic carbocycles. The normalized spacial score (nSPS) is 10.6. The molecule has 2 rings (SSSR count). The average Bonchev–Trinajstić information content (AvgIpc) is 2.73. The molecule has 0 saturated carbocycles. The summed E-state index contributed by atoms with van der Waals surface area (Å²) in [6.45, 7) is 2.73. The topological polar surface area (TPSA) is 48.0 Å². The molecule has 2 N–H and O–H groups in total. The molecule has 0 fully saturated rings. The lowest BCUT2D eigenvalue weighted by Crippen LogP contribution is -2.21. The fourth-order valence-electron chi connectivity index (χ4n) is 1.55. The van der Waals surface area contributed by atoms with Gasteiger partial charge in [-0.2, -0.15) is 0 Å². The van der Waals surface area contributed by atoms with Crippen LogP contribution in [0.1, 0.15) is 16.7 Å². The first-order valence-electron chi connectivity index (χ1n) is 5.23. The fourth-order valence-corrected chi connectivity index (χ4v) is 2.50. The maximum Gasteiger partial charge on any atom is 0.273 e. The largest absolute Gasteiger partial charge is 0.394 e. The zero-order valence-corrected chi connectivity index (χ0v) is 9.96. The minimum atomic E-state index is -0.117. The van der Waals surface area contributed by atoms with E-state index in [2.05, 4.69) is 19.1 Å². The van der Waals surface area contributed by atoms with Gasteiger partial charge in [0.15, 0.2) is 0 Å². The molecule has 2 aromatic rings. The summed E-state index contributed by atoms with van der Waals surface area (Å²) in [7, 11) is 0. The summed E-state index contributed by atoms with van der Waals surface area (Å²) in [5, 5.41) is 0. The molecule has 2 heterocycles. The SMILES string of the molecule is CCc1ccc(Cn2cccc(N)c2=O)s1. The summed E-state index contributed by atoms with van der Waals surface area (Å²) in [6, 6.07) is 7.60. The third-order valence-electron chi connectivity index (χ3n) is 2.44. The van der Waals surface area contributed by atoms with Crippen molar-refractivity contribution in [3.63, 3.8) is 0 Å². The highest BCUT2D eigenvalue weighted by molar-refractivity contribution is 7.11. The van der Waals surface area contributed by atoms with Crippen molar-refractivity contribution < 1.29 is 0 Å². The van der Waals surface area contributed by atoms with Gasteiger partial charge in [0.25, 0.3) is 5.56 Å². The van der Waals surface area contributed by atoms with Gasteiger partial charge in [-0.25, -0.2) is 0 Å². The van der Waals surface area contributed by atoms with Crippen molar-refractivity contribution in [2.45, 2.75) is 19.9 Å².